The molecule has 0 radical (unpaired) electrons. The van der Waals surface area contributed by atoms with Gasteiger partial charge >= 0.3 is 0 Å². The molecule has 2 aromatic heterocycles. The molecule has 2 aromatic rings. The van der Waals surface area contributed by atoms with Gasteiger partial charge in [-0.05, 0) is 27.2 Å². The zero-order valence-corrected chi connectivity index (χ0v) is 12.2. The van der Waals surface area contributed by atoms with Crippen LogP contribution in [0.4, 0.5) is 5.69 Å². The molecular weight excluding hydrogens is 238 g/mol. The largest absolute Gasteiger partial charge is 0.378 e. The molecule has 104 valence electrons. The van der Waals surface area contributed by atoms with Gasteiger partial charge < -0.3 is 5.32 Å². The summed E-state index contributed by atoms with van der Waals surface area (Å²) in [5.41, 5.74) is 3.33. The van der Waals surface area contributed by atoms with Crippen molar-refractivity contribution in [1.82, 2.24) is 19.6 Å². The van der Waals surface area contributed by atoms with Crippen LogP contribution >= 0.6 is 0 Å². The van der Waals surface area contributed by atoms with Crippen LogP contribution in [0, 0.1) is 6.92 Å². The fraction of sp³-hybridized carbons (Fsp3) is 0.571. The fourth-order valence-corrected chi connectivity index (χ4v) is 1.97. The van der Waals surface area contributed by atoms with E-state index in [2.05, 4.69) is 48.7 Å². The molecule has 5 heteroatoms. The van der Waals surface area contributed by atoms with E-state index in [1.54, 1.807) is 0 Å². The van der Waals surface area contributed by atoms with Crippen molar-refractivity contribution in [3.63, 3.8) is 0 Å². The quantitative estimate of drug-likeness (QED) is 0.869. The summed E-state index contributed by atoms with van der Waals surface area (Å²) < 4.78 is 3.97. The zero-order chi connectivity index (χ0) is 13.8. The summed E-state index contributed by atoms with van der Waals surface area (Å²) in [6.45, 7) is 10.2. The van der Waals surface area contributed by atoms with E-state index >= 15 is 0 Å². The van der Waals surface area contributed by atoms with Gasteiger partial charge in [0, 0.05) is 37.1 Å². The van der Waals surface area contributed by atoms with Crippen molar-refractivity contribution >= 4 is 5.69 Å². The van der Waals surface area contributed by atoms with Gasteiger partial charge in [0.2, 0.25) is 0 Å². The average molecular weight is 261 g/mol. The Bertz CT molecular complexity index is 524. The number of nitrogens with zero attached hydrogens (tertiary/aromatic N) is 4. The molecule has 0 atom stereocenters. The monoisotopic (exact) mass is 261 g/mol. The van der Waals surface area contributed by atoms with Crippen molar-refractivity contribution in [2.75, 3.05) is 5.32 Å². The van der Waals surface area contributed by atoms with Crippen LogP contribution in [-0.4, -0.2) is 19.6 Å². The van der Waals surface area contributed by atoms with Crippen LogP contribution in [-0.2, 0) is 13.1 Å². The first-order valence-corrected chi connectivity index (χ1v) is 6.91. The molecule has 2 rings (SSSR count). The van der Waals surface area contributed by atoms with Crippen LogP contribution in [0.2, 0.25) is 0 Å². The molecule has 0 amide bonds. The number of nitrogens with one attached hydrogen (secondary N) is 1. The highest BCUT2D eigenvalue weighted by Gasteiger charge is 2.07. The number of anilines is 1. The molecule has 0 aliphatic heterocycles. The standard InChI is InChI=1S/C14H23N5/c1-5-6-18-9-13(8-16-18)7-15-14-10-19(11(2)3)17-12(14)4/h8-11,15H,5-7H2,1-4H3. The van der Waals surface area contributed by atoms with Crippen LogP contribution in [0.15, 0.2) is 18.6 Å². The Labute approximate surface area is 114 Å². The maximum atomic E-state index is 4.49. The second-order valence-electron chi connectivity index (χ2n) is 5.17. The Morgan fingerprint density at radius 3 is 2.74 bits per heavy atom. The normalized spacial score (nSPS) is 11.2. The first-order chi connectivity index (χ1) is 9.10. The molecule has 19 heavy (non-hydrogen) atoms. The summed E-state index contributed by atoms with van der Waals surface area (Å²) in [7, 11) is 0. The number of rotatable bonds is 6. The van der Waals surface area contributed by atoms with E-state index in [4.69, 9.17) is 0 Å². The molecule has 1 N–H and O–H groups in total. The highest BCUT2D eigenvalue weighted by atomic mass is 15.3. The van der Waals surface area contributed by atoms with E-state index in [1.807, 2.05) is 22.5 Å². The topological polar surface area (TPSA) is 47.7 Å². The molecule has 0 aromatic carbocycles. The molecular formula is C14H23N5. The van der Waals surface area contributed by atoms with Crippen LogP contribution in [0.1, 0.15) is 44.5 Å². The van der Waals surface area contributed by atoms with Gasteiger partial charge in [-0.15, -0.1) is 0 Å². The molecule has 0 saturated heterocycles. The SMILES string of the molecule is CCCn1cc(CNc2cn(C(C)C)nc2C)cn1. The number of aryl methyl sites for hydroxylation is 2. The Morgan fingerprint density at radius 2 is 2.11 bits per heavy atom. The van der Waals surface area contributed by atoms with Gasteiger partial charge in [0.05, 0.1) is 17.6 Å². The number of hydrogen-bond donors (Lipinski definition) is 1. The second-order valence-corrected chi connectivity index (χ2v) is 5.17. The first kappa shape index (κ1) is 13.6. The van der Waals surface area contributed by atoms with Gasteiger partial charge in [0.25, 0.3) is 0 Å². The number of hydrogen-bond acceptors (Lipinski definition) is 3. The van der Waals surface area contributed by atoms with E-state index in [-0.39, 0.29) is 0 Å². The van der Waals surface area contributed by atoms with Gasteiger partial charge in [-0.2, -0.15) is 10.2 Å². The molecule has 5 nitrogen and oxygen atoms in total. The van der Waals surface area contributed by atoms with Gasteiger partial charge in [-0.25, -0.2) is 0 Å². The van der Waals surface area contributed by atoms with Gasteiger partial charge in [-0.1, -0.05) is 6.92 Å². The Kier molecular flexibility index (Phi) is 4.24. The van der Waals surface area contributed by atoms with E-state index in [0.717, 1.165) is 30.9 Å². The third-order valence-electron chi connectivity index (χ3n) is 3.07. The van der Waals surface area contributed by atoms with Crippen LogP contribution in [0.5, 0.6) is 0 Å². The number of aromatic nitrogens is 4. The highest BCUT2D eigenvalue weighted by molar-refractivity contribution is 5.46. The lowest BCUT2D eigenvalue weighted by atomic mass is 10.3. The molecule has 0 fully saturated rings. The highest BCUT2D eigenvalue weighted by Crippen LogP contribution is 2.16. The van der Waals surface area contributed by atoms with Gasteiger partial charge in [0.1, 0.15) is 0 Å². The maximum Gasteiger partial charge on any atom is 0.0825 e. The molecule has 0 unspecified atom stereocenters. The Hall–Kier alpha value is -1.78. The summed E-state index contributed by atoms with van der Waals surface area (Å²) in [6.07, 6.45) is 7.19. The van der Waals surface area contributed by atoms with Crippen molar-refractivity contribution < 1.29 is 0 Å². The predicted molar refractivity (Wildman–Crippen MR) is 77.2 cm³/mol. The van der Waals surface area contributed by atoms with Crippen molar-refractivity contribution in [2.45, 2.75) is 53.2 Å². The predicted octanol–water partition coefficient (Wildman–Crippen LogP) is 2.99. The van der Waals surface area contributed by atoms with Gasteiger partial charge in [0.15, 0.2) is 0 Å². The minimum Gasteiger partial charge on any atom is -0.378 e. The summed E-state index contributed by atoms with van der Waals surface area (Å²) in [6, 6.07) is 0.390. The molecule has 0 bridgehead atoms. The second kappa shape index (κ2) is 5.91. The van der Waals surface area contributed by atoms with Gasteiger partial charge in [-0.3, -0.25) is 9.36 Å². The molecule has 0 saturated carbocycles. The lowest BCUT2D eigenvalue weighted by Gasteiger charge is -2.03. The fourth-order valence-electron chi connectivity index (χ4n) is 1.97. The van der Waals surface area contributed by atoms with Crippen molar-refractivity contribution in [3.05, 3.63) is 29.8 Å². The Morgan fingerprint density at radius 1 is 1.32 bits per heavy atom. The van der Waals surface area contributed by atoms with E-state index in [9.17, 15) is 0 Å². The minimum atomic E-state index is 0.390. The summed E-state index contributed by atoms with van der Waals surface area (Å²) in [5.74, 6) is 0. The van der Waals surface area contributed by atoms with E-state index < -0.39 is 0 Å². The third kappa shape index (κ3) is 3.36. The lowest BCUT2D eigenvalue weighted by Crippen LogP contribution is -2.01. The molecule has 0 aliphatic rings. The molecule has 0 aliphatic carbocycles. The smallest absolute Gasteiger partial charge is 0.0825 e. The van der Waals surface area contributed by atoms with E-state index in [0.29, 0.717) is 6.04 Å². The molecule has 2 heterocycles. The van der Waals surface area contributed by atoms with Crippen LogP contribution in [0.25, 0.3) is 0 Å². The van der Waals surface area contributed by atoms with Crippen LogP contribution in [0.3, 0.4) is 0 Å². The molecule has 0 spiro atoms. The lowest BCUT2D eigenvalue weighted by molar-refractivity contribution is 0.529. The Balaban J connectivity index is 1.97. The minimum absolute atomic E-state index is 0.390. The van der Waals surface area contributed by atoms with Crippen molar-refractivity contribution in [1.29, 1.82) is 0 Å². The maximum absolute atomic E-state index is 4.49. The van der Waals surface area contributed by atoms with Crippen molar-refractivity contribution in [3.8, 4) is 0 Å². The summed E-state index contributed by atoms with van der Waals surface area (Å²) in [5, 5.41) is 12.2. The zero-order valence-electron chi connectivity index (χ0n) is 12.2. The van der Waals surface area contributed by atoms with Crippen LogP contribution < -0.4 is 5.32 Å². The van der Waals surface area contributed by atoms with E-state index in [1.165, 1.54) is 5.56 Å². The average Bonchev–Trinajstić information content (AvgIpc) is 2.94. The summed E-state index contributed by atoms with van der Waals surface area (Å²) in [4.78, 5) is 0. The van der Waals surface area contributed by atoms with Crippen molar-refractivity contribution in [2.24, 2.45) is 0 Å². The summed E-state index contributed by atoms with van der Waals surface area (Å²) >= 11 is 0. The third-order valence-corrected chi connectivity index (χ3v) is 3.07. The first-order valence-electron chi connectivity index (χ1n) is 6.91.